The summed E-state index contributed by atoms with van der Waals surface area (Å²) in [7, 11) is 0. The summed E-state index contributed by atoms with van der Waals surface area (Å²) in [4.78, 5) is 0. The minimum Gasteiger partial charge on any atom is -0.115 e. The molecule has 0 aliphatic rings. The molecule has 0 unspecified atom stereocenters. The van der Waals surface area contributed by atoms with E-state index in [-0.39, 0.29) is 0 Å². The Hall–Kier alpha value is -2.52. The van der Waals surface area contributed by atoms with E-state index in [1.165, 1.54) is 21.9 Å². The number of hydrogen-bond donors (Lipinski definition) is 0. The third-order valence-electron chi connectivity index (χ3n) is 3.38. The summed E-state index contributed by atoms with van der Waals surface area (Å²) in [5.41, 5.74) is 3.48. The maximum Gasteiger partial charge on any atom is 0.0277 e. The summed E-state index contributed by atoms with van der Waals surface area (Å²) in [6.07, 6.45) is 6.42. The van der Waals surface area contributed by atoms with Crippen LogP contribution in [0.4, 0.5) is 0 Å². The minimum absolute atomic E-state index is 0.880. The van der Waals surface area contributed by atoms with Gasteiger partial charge in [-0.05, 0) is 34.4 Å². The molecule has 0 aliphatic carbocycles. The van der Waals surface area contributed by atoms with Gasteiger partial charge >= 0.3 is 0 Å². The lowest BCUT2D eigenvalue weighted by Crippen LogP contribution is -1.92. The third kappa shape index (κ3) is 2.37. The summed E-state index contributed by atoms with van der Waals surface area (Å²) in [5, 5.41) is 2.55. The van der Waals surface area contributed by atoms with Crippen LogP contribution in [0.2, 0.25) is 0 Å². The largest absolute Gasteiger partial charge is 0.115 e. The van der Waals surface area contributed by atoms with E-state index in [0.717, 1.165) is 12.0 Å². The van der Waals surface area contributed by atoms with Gasteiger partial charge in [0.1, 0.15) is 0 Å². The quantitative estimate of drug-likeness (QED) is 0.584. The molecule has 0 nitrogen and oxygen atoms in total. The van der Waals surface area contributed by atoms with Crippen LogP contribution in [0.25, 0.3) is 10.8 Å². The van der Waals surface area contributed by atoms with Gasteiger partial charge in [-0.15, -0.1) is 6.42 Å². The van der Waals surface area contributed by atoms with Crippen LogP contribution in [0.1, 0.15) is 16.7 Å². The summed E-state index contributed by atoms with van der Waals surface area (Å²) >= 11 is 0. The Kier molecular flexibility index (Phi) is 3.04. The van der Waals surface area contributed by atoms with E-state index in [2.05, 4.69) is 54.5 Å². The predicted molar refractivity (Wildman–Crippen MR) is 81.1 cm³/mol. The Morgan fingerprint density at radius 3 is 2.37 bits per heavy atom. The van der Waals surface area contributed by atoms with E-state index in [9.17, 15) is 0 Å². The van der Waals surface area contributed by atoms with Crippen LogP contribution in [-0.2, 0) is 6.42 Å². The topological polar surface area (TPSA) is 0 Å². The highest BCUT2D eigenvalue weighted by molar-refractivity contribution is 5.83. The minimum atomic E-state index is 0.880. The van der Waals surface area contributed by atoms with Gasteiger partial charge in [-0.25, -0.2) is 0 Å². The molecule has 0 N–H and O–H groups in total. The molecule has 0 aliphatic heterocycles. The summed E-state index contributed by atoms with van der Waals surface area (Å²) in [6, 6.07) is 23.1. The smallest absolute Gasteiger partial charge is 0.0277 e. The van der Waals surface area contributed by atoms with Gasteiger partial charge < -0.3 is 0 Å². The second-order valence-electron chi connectivity index (χ2n) is 4.66. The summed E-state index contributed by atoms with van der Waals surface area (Å²) < 4.78 is 0. The van der Waals surface area contributed by atoms with Crippen molar-refractivity contribution in [2.24, 2.45) is 0 Å². The van der Waals surface area contributed by atoms with Gasteiger partial charge in [0.25, 0.3) is 0 Å². The third-order valence-corrected chi connectivity index (χ3v) is 3.38. The number of fused-ring (bicyclic) bond motifs is 1. The number of benzene rings is 3. The zero-order chi connectivity index (χ0) is 13.1. The van der Waals surface area contributed by atoms with Crippen molar-refractivity contribution in [3.8, 4) is 12.3 Å². The molecular formula is C19H14. The van der Waals surface area contributed by atoms with E-state index in [1.807, 2.05) is 18.2 Å². The Morgan fingerprint density at radius 1 is 0.789 bits per heavy atom. The van der Waals surface area contributed by atoms with Crippen molar-refractivity contribution >= 4 is 10.8 Å². The first-order valence-corrected chi connectivity index (χ1v) is 6.39. The Balaban J connectivity index is 1.99. The zero-order valence-electron chi connectivity index (χ0n) is 10.6. The van der Waals surface area contributed by atoms with Gasteiger partial charge in [-0.3, -0.25) is 0 Å². The van der Waals surface area contributed by atoms with E-state index >= 15 is 0 Å². The van der Waals surface area contributed by atoms with Crippen LogP contribution in [0, 0.1) is 12.3 Å². The van der Waals surface area contributed by atoms with Crippen LogP contribution < -0.4 is 0 Å². The van der Waals surface area contributed by atoms with Crippen LogP contribution in [0.15, 0.2) is 66.7 Å². The van der Waals surface area contributed by atoms with E-state index in [4.69, 9.17) is 6.42 Å². The molecule has 19 heavy (non-hydrogen) atoms. The number of hydrogen-bond acceptors (Lipinski definition) is 0. The van der Waals surface area contributed by atoms with Crippen molar-refractivity contribution in [2.45, 2.75) is 6.42 Å². The molecule has 0 aromatic heterocycles. The van der Waals surface area contributed by atoms with Crippen molar-refractivity contribution in [1.29, 1.82) is 0 Å². The highest BCUT2D eigenvalue weighted by Crippen LogP contribution is 2.19. The van der Waals surface area contributed by atoms with Crippen LogP contribution in [-0.4, -0.2) is 0 Å². The molecule has 0 heteroatoms. The van der Waals surface area contributed by atoms with Crippen molar-refractivity contribution < 1.29 is 0 Å². The molecule has 0 saturated heterocycles. The fourth-order valence-electron chi connectivity index (χ4n) is 2.38. The molecule has 0 amide bonds. The molecule has 0 atom stereocenters. The molecule has 0 bridgehead atoms. The first-order valence-electron chi connectivity index (χ1n) is 6.39. The van der Waals surface area contributed by atoms with Crippen LogP contribution >= 0.6 is 0 Å². The van der Waals surface area contributed by atoms with E-state index < -0.39 is 0 Å². The Labute approximate surface area is 113 Å². The SMILES string of the molecule is C#Cc1ccccc1Cc1ccc2ccccc2c1. The highest BCUT2D eigenvalue weighted by Gasteiger charge is 2.02. The molecule has 3 aromatic rings. The summed E-state index contributed by atoms with van der Waals surface area (Å²) in [5.74, 6) is 2.75. The highest BCUT2D eigenvalue weighted by atomic mass is 14.1. The van der Waals surface area contributed by atoms with Gasteiger partial charge in [0.2, 0.25) is 0 Å². The standard InChI is InChI=1S/C19H14/c1-2-16-7-3-5-9-18(16)13-15-11-12-17-8-4-6-10-19(17)14-15/h1,3-12,14H,13H2. The Morgan fingerprint density at radius 2 is 1.53 bits per heavy atom. The molecular weight excluding hydrogens is 228 g/mol. The number of terminal acetylenes is 1. The van der Waals surface area contributed by atoms with E-state index in [0.29, 0.717) is 0 Å². The monoisotopic (exact) mass is 242 g/mol. The van der Waals surface area contributed by atoms with E-state index in [1.54, 1.807) is 0 Å². The molecule has 90 valence electrons. The van der Waals surface area contributed by atoms with Crippen LogP contribution in [0.5, 0.6) is 0 Å². The lowest BCUT2D eigenvalue weighted by molar-refractivity contribution is 1.19. The van der Waals surface area contributed by atoms with Crippen molar-refractivity contribution in [2.75, 3.05) is 0 Å². The summed E-state index contributed by atoms with van der Waals surface area (Å²) in [6.45, 7) is 0. The second kappa shape index (κ2) is 5.00. The zero-order valence-corrected chi connectivity index (χ0v) is 10.6. The second-order valence-corrected chi connectivity index (χ2v) is 4.66. The Bertz CT molecular complexity index is 760. The molecule has 0 radical (unpaired) electrons. The molecule has 0 heterocycles. The first kappa shape index (κ1) is 11.6. The lowest BCUT2D eigenvalue weighted by Gasteiger charge is -2.06. The van der Waals surface area contributed by atoms with Crippen molar-refractivity contribution in [3.05, 3.63) is 83.4 Å². The predicted octanol–water partition coefficient (Wildman–Crippen LogP) is 4.41. The molecule has 0 saturated carbocycles. The van der Waals surface area contributed by atoms with Crippen molar-refractivity contribution in [1.82, 2.24) is 0 Å². The first-order chi connectivity index (χ1) is 9.36. The average Bonchev–Trinajstić information content (AvgIpc) is 2.48. The molecule has 0 spiro atoms. The van der Waals surface area contributed by atoms with Gasteiger partial charge in [-0.1, -0.05) is 66.6 Å². The van der Waals surface area contributed by atoms with Crippen molar-refractivity contribution in [3.63, 3.8) is 0 Å². The maximum absolute atomic E-state index is 5.54. The maximum atomic E-state index is 5.54. The van der Waals surface area contributed by atoms with Gasteiger partial charge in [0.15, 0.2) is 0 Å². The van der Waals surface area contributed by atoms with Crippen LogP contribution in [0.3, 0.4) is 0 Å². The molecule has 3 aromatic carbocycles. The average molecular weight is 242 g/mol. The van der Waals surface area contributed by atoms with Gasteiger partial charge in [0, 0.05) is 5.56 Å². The van der Waals surface area contributed by atoms with Gasteiger partial charge in [0.05, 0.1) is 0 Å². The normalized spacial score (nSPS) is 10.3. The molecule has 3 rings (SSSR count). The fraction of sp³-hybridized carbons (Fsp3) is 0.0526. The lowest BCUT2D eigenvalue weighted by atomic mass is 9.98. The fourth-order valence-corrected chi connectivity index (χ4v) is 2.38. The van der Waals surface area contributed by atoms with Gasteiger partial charge in [-0.2, -0.15) is 0 Å². The molecule has 0 fully saturated rings. The number of rotatable bonds is 2.